The van der Waals surface area contributed by atoms with E-state index >= 15 is 0 Å². The van der Waals surface area contributed by atoms with Crippen LogP contribution in [0.2, 0.25) is 0 Å². The highest BCUT2D eigenvalue weighted by atomic mass is 16.3. The van der Waals surface area contributed by atoms with Crippen LogP contribution in [0, 0.1) is 0 Å². The number of H-pyrrole nitrogens is 1. The third kappa shape index (κ3) is 1.71. The van der Waals surface area contributed by atoms with Gasteiger partial charge in [0.25, 0.3) is 0 Å². The molecule has 3 heteroatoms. The zero-order valence-electron chi connectivity index (χ0n) is 7.57. The summed E-state index contributed by atoms with van der Waals surface area (Å²) in [6.45, 7) is 0. The van der Waals surface area contributed by atoms with Crippen molar-refractivity contribution in [2.24, 2.45) is 0 Å². The summed E-state index contributed by atoms with van der Waals surface area (Å²) in [6, 6.07) is 6.47. The van der Waals surface area contributed by atoms with Crippen LogP contribution in [0.4, 0.5) is 0 Å². The molecule has 0 atom stereocenters. The molecule has 0 saturated carbocycles. The fraction of sp³-hybridized carbons (Fsp3) is 0.0909. The van der Waals surface area contributed by atoms with E-state index in [0.717, 1.165) is 11.1 Å². The number of aromatic hydroxyl groups is 2. The average molecular weight is 189 g/mol. The van der Waals surface area contributed by atoms with Crippen LogP contribution in [0.15, 0.2) is 36.7 Å². The molecule has 0 bridgehead atoms. The molecule has 2 rings (SSSR count). The molecule has 1 aromatic carbocycles. The summed E-state index contributed by atoms with van der Waals surface area (Å²) in [5, 5.41) is 18.8. The predicted octanol–water partition coefficient (Wildman–Crippen LogP) is 2.02. The monoisotopic (exact) mass is 189 g/mol. The maximum absolute atomic E-state index is 9.51. The van der Waals surface area contributed by atoms with Gasteiger partial charge in [0.05, 0.1) is 0 Å². The lowest BCUT2D eigenvalue weighted by Gasteiger charge is -2.03. The lowest BCUT2D eigenvalue weighted by Crippen LogP contribution is -1.86. The molecule has 0 fully saturated rings. The van der Waals surface area contributed by atoms with Crippen molar-refractivity contribution < 1.29 is 10.2 Å². The molecule has 1 heterocycles. The Hall–Kier alpha value is -1.90. The number of benzene rings is 1. The first-order valence-electron chi connectivity index (χ1n) is 4.38. The van der Waals surface area contributed by atoms with Gasteiger partial charge in [0.2, 0.25) is 0 Å². The average Bonchev–Trinajstić information content (AvgIpc) is 2.64. The Balaban J connectivity index is 2.28. The van der Waals surface area contributed by atoms with Crippen LogP contribution in [0.5, 0.6) is 11.5 Å². The lowest BCUT2D eigenvalue weighted by atomic mass is 10.1. The van der Waals surface area contributed by atoms with Gasteiger partial charge in [0, 0.05) is 24.4 Å². The van der Waals surface area contributed by atoms with E-state index in [1.54, 1.807) is 6.07 Å². The molecule has 3 N–H and O–H groups in total. The van der Waals surface area contributed by atoms with Crippen molar-refractivity contribution in [1.29, 1.82) is 0 Å². The molecule has 0 aliphatic rings. The number of hydrogen-bond donors (Lipinski definition) is 3. The molecule has 0 amide bonds. The molecular formula is C11H11NO2. The van der Waals surface area contributed by atoms with Crippen molar-refractivity contribution in [3.8, 4) is 11.5 Å². The minimum Gasteiger partial charge on any atom is -0.508 e. The van der Waals surface area contributed by atoms with E-state index in [9.17, 15) is 10.2 Å². The third-order valence-corrected chi connectivity index (χ3v) is 2.12. The Morgan fingerprint density at radius 2 is 2.00 bits per heavy atom. The van der Waals surface area contributed by atoms with E-state index in [1.165, 1.54) is 12.1 Å². The van der Waals surface area contributed by atoms with E-state index < -0.39 is 0 Å². The highest BCUT2D eigenvalue weighted by molar-refractivity contribution is 5.41. The minimum atomic E-state index is 0.174. The highest BCUT2D eigenvalue weighted by Gasteiger charge is 2.03. The van der Waals surface area contributed by atoms with Crippen LogP contribution < -0.4 is 0 Å². The van der Waals surface area contributed by atoms with Crippen LogP contribution in [0.25, 0.3) is 0 Å². The molecule has 0 spiro atoms. The molecule has 2 aromatic rings. The van der Waals surface area contributed by atoms with E-state index in [1.807, 2.05) is 18.5 Å². The summed E-state index contributed by atoms with van der Waals surface area (Å²) in [7, 11) is 0. The van der Waals surface area contributed by atoms with E-state index in [0.29, 0.717) is 6.42 Å². The van der Waals surface area contributed by atoms with Gasteiger partial charge < -0.3 is 15.2 Å². The highest BCUT2D eigenvalue weighted by Crippen LogP contribution is 2.24. The summed E-state index contributed by atoms with van der Waals surface area (Å²) in [6.07, 6.45) is 4.31. The van der Waals surface area contributed by atoms with E-state index in [2.05, 4.69) is 4.98 Å². The van der Waals surface area contributed by atoms with Gasteiger partial charge in [0.15, 0.2) is 0 Å². The fourth-order valence-electron chi connectivity index (χ4n) is 1.40. The lowest BCUT2D eigenvalue weighted by molar-refractivity contribution is 0.455. The fourth-order valence-corrected chi connectivity index (χ4v) is 1.40. The molecular weight excluding hydrogens is 178 g/mol. The second-order valence-electron chi connectivity index (χ2n) is 3.21. The standard InChI is InChI=1S/C11H11NO2/c13-10-1-2-11(14)9(6-10)5-8-3-4-12-7-8/h1-4,6-7,12-14H,5H2. The number of rotatable bonds is 2. The van der Waals surface area contributed by atoms with E-state index in [4.69, 9.17) is 0 Å². The van der Waals surface area contributed by atoms with Gasteiger partial charge in [0.1, 0.15) is 11.5 Å². The Bertz CT molecular complexity index is 421. The third-order valence-electron chi connectivity index (χ3n) is 2.12. The molecule has 14 heavy (non-hydrogen) atoms. The Morgan fingerprint density at radius 3 is 2.71 bits per heavy atom. The molecule has 0 aliphatic carbocycles. The minimum absolute atomic E-state index is 0.174. The van der Waals surface area contributed by atoms with Crippen LogP contribution in [-0.4, -0.2) is 15.2 Å². The van der Waals surface area contributed by atoms with Gasteiger partial charge in [-0.25, -0.2) is 0 Å². The van der Waals surface area contributed by atoms with Crippen LogP contribution in [0.1, 0.15) is 11.1 Å². The zero-order valence-corrected chi connectivity index (χ0v) is 7.57. The molecule has 0 saturated heterocycles. The first-order chi connectivity index (χ1) is 6.75. The van der Waals surface area contributed by atoms with Crippen molar-refractivity contribution in [3.05, 3.63) is 47.8 Å². The van der Waals surface area contributed by atoms with Crippen LogP contribution in [-0.2, 0) is 6.42 Å². The number of phenolic OH excluding ortho intramolecular Hbond substituents is 2. The maximum Gasteiger partial charge on any atom is 0.119 e. The van der Waals surface area contributed by atoms with Gasteiger partial charge in [-0.3, -0.25) is 0 Å². The Labute approximate surface area is 81.7 Å². The number of nitrogens with one attached hydrogen (secondary N) is 1. The van der Waals surface area contributed by atoms with Crippen molar-refractivity contribution in [3.63, 3.8) is 0 Å². The normalized spacial score (nSPS) is 10.3. The van der Waals surface area contributed by atoms with Gasteiger partial charge in [-0.2, -0.15) is 0 Å². The Kier molecular flexibility index (Phi) is 2.14. The van der Waals surface area contributed by atoms with Crippen molar-refractivity contribution in [2.75, 3.05) is 0 Å². The SMILES string of the molecule is Oc1ccc(O)c(Cc2cc[nH]c2)c1. The predicted molar refractivity (Wildman–Crippen MR) is 53.4 cm³/mol. The summed E-state index contributed by atoms with van der Waals surface area (Å²) >= 11 is 0. The number of aromatic nitrogens is 1. The summed E-state index contributed by atoms with van der Waals surface area (Å²) in [5.41, 5.74) is 1.80. The largest absolute Gasteiger partial charge is 0.508 e. The quantitative estimate of drug-likeness (QED) is 0.633. The molecule has 3 nitrogen and oxygen atoms in total. The van der Waals surface area contributed by atoms with E-state index in [-0.39, 0.29) is 11.5 Å². The van der Waals surface area contributed by atoms with Crippen LogP contribution >= 0.6 is 0 Å². The van der Waals surface area contributed by atoms with Crippen molar-refractivity contribution in [2.45, 2.75) is 6.42 Å². The summed E-state index contributed by atoms with van der Waals surface area (Å²) < 4.78 is 0. The summed E-state index contributed by atoms with van der Waals surface area (Å²) in [4.78, 5) is 2.94. The molecule has 1 aromatic heterocycles. The van der Waals surface area contributed by atoms with Crippen LogP contribution in [0.3, 0.4) is 0 Å². The smallest absolute Gasteiger partial charge is 0.119 e. The summed E-state index contributed by atoms with van der Waals surface area (Å²) in [5.74, 6) is 0.386. The molecule has 0 radical (unpaired) electrons. The van der Waals surface area contributed by atoms with Gasteiger partial charge in [-0.1, -0.05) is 0 Å². The number of hydrogen-bond acceptors (Lipinski definition) is 2. The van der Waals surface area contributed by atoms with Gasteiger partial charge >= 0.3 is 0 Å². The second kappa shape index (κ2) is 3.46. The number of phenols is 2. The molecule has 0 unspecified atom stereocenters. The first kappa shape index (κ1) is 8.69. The Morgan fingerprint density at radius 1 is 1.14 bits per heavy atom. The van der Waals surface area contributed by atoms with Crippen molar-refractivity contribution in [1.82, 2.24) is 4.98 Å². The van der Waals surface area contributed by atoms with Gasteiger partial charge in [-0.05, 0) is 29.8 Å². The maximum atomic E-state index is 9.51. The molecule has 0 aliphatic heterocycles. The topological polar surface area (TPSA) is 56.2 Å². The molecule has 72 valence electrons. The second-order valence-corrected chi connectivity index (χ2v) is 3.21. The first-order valence-corrected chi connectivity index (χ1v) is 4.38. The van der Waals surface area contributed by atoms with Crippen molar-refractivity contribution >= 4 is 0 Å². The van der Waals surface area contributed by atoms with Gasteiger partial charge in [-0.15, -0.1) is 0 Å². The number of aromatic amines is 1. The zero-order chi connectivity index (χ0) is 9.97.